The molecular formula is C8H18BiN2O2S2. The molecule has 0 spiro atoms. The molecule has 2 N–H and O–H groups in total. The number of amides is 2. The first-order valence-corrected chi connectivity index (χ1v) is 5.09. The Labute approximate surface area is 121 Å². The summed E-state index contributed by atoms with van der Waals surface area (Å²) >= 11 is 6.86. The van der Waals surface area contributed by atoms with Gasteiger partial charge < -0.3 is 10.6 Å². The van der Waals surface area contributed by atoms with Crippen molar-refractivity contribution in [2.45, 2.75) is 39.8 Å². The van der Waals surface area contributed by atoms with E-state index in [9.17, 15) is 4.79 Å². The second-order valence-electron chi connectivity index (χ2n) is 3.22. The van der Waals surface area contributed by atoms with Crippen LogP contribution in [-0.2, 0) is 0 Å². The van der Waals surface area contributed by atoms with E-state index in [2.05, 4.69) is 31.0 Å². The first kappa shape index (κ1) is 20.9. The van der Waals surface area contributed by atoms with Gasteiger partial charge in [0.05, 0.1) is 0 Å². The number of carbonyl (C=O) groups excluding carboxylic acids is 2. The van der Waals surface area contributed by atoms with E-state index in [0.29, 0.717) is 0 Å². The predicted octanol–water partition coefficient (Wildman–Crippen LogP) is 1.77. The van der Waals surface area contributed by atoms with E-state index in [1.807, 2.05) is 27.7 Å². The molecule has 0 aliphatic heterocycles. The minimum atomic E-state index is -0.639. The third kappa shape index (κ3) is 14.5. The van der Waals surface area contributed by atoms with Crippen molar-refractivity contribution in [3.63, 3.8) is 0 Å². The standard InChI is InChI=1S/C7H15NOS.CH3NOS.Bi/c1-5(2)8(6(3)4)7(9)10;2-1(3)4;/h5-6H,1-4H3,(H,9,10);(H3,2,3,4);. The van der Waals surface area contributed by atoms with Gasteiger partial charge in [-0.2, -0.15) is 0 Å². The molecule has 0 heterocycles. The van der Waals surface area contributed by atoms with Gasteiger partial charge in [-0.05, 0) is 27.7 Å². The molecule has 0 aliphatic carbocycles. The number of hydrogen-bond donors (Lipinski definition) is 3. The zero-order chi connectivity index (χ0) is 11.9. The van der Waals surface area contributed by atoms with E-state index < -0.39 is 5.24 Å². The maximum absolute atomic E-state index is 10.8. The molecule has 0 saturated carbocycles. The van der Waals surface area contributed by atoms with Gasteiger partial charge in [0.1, 0.15) is 0 Å². The van der Waals surface area contributed by atoms with Crippen LogP contribution in [-0.4, -0.2) is 53.7 Å². The van der Waals surface area contributed by atoms with Crippen molar-refractivity contribution in [1.29, 1.82) is 0 Å². The molecule has 2 amide bonds. The normalized spacial score (nSPS) is 8.80. The van der Waals surface area contributed by atoms with Gasteiger partial charge in [0, 0.05) is 38.3 Å². The van der Waals surface area contributed by atoms with Crippen LogP contribution >= 0.6 is 25.3 Å². The van der Waals surface area contributed by atoms with E-state index in [1.165, 1.54) is 0 Å². The third-order valence-electron chi connectivity index (χ3n) is 1.33. The largest absolute Gasteiger partial charge is 0.361 e. The molecule has 3 radical (unpaired) electrons. The van der Waals surface area contributed by atoms with Crippen molar-refractivity contribution in [2.24, 2.45) is 5.73 Å². The average molecular weight is 447 g/mol. The summed E-state index contributed by atoms with van der Waals surface area (Å²) in [6.45, 7) is 7.92. The summed E-state index contributed by atoms with van der Waals surface area (Å²) in [5.74, 6) is 0. The fourth-order valence-corrected chi connectivity index (χ4v) is 1.50. The van der Waals surface area contributed by atoms with Crippen LogP contribution in [0.1, 0.15) is 27.7 Å². The predicted molar refractivity (Wildman–Crippen MR) is 70.8 cm³/mol. The topological polar surface area (TPSA) is 63.4 Å². The molecule has 4 nitrogen and oxygen atoms in total. The summed E-state index contributed by atoms with van der Waals surface area (Å²) in [6.07, 6.45) is 0. The molecule has 0 bridgehead atoms. The van der Waals surface area contributed by atoms with Crippen molar-refractivity contribution in [3.8, 4) is 0 Å². The van der Waals surface area contributed by atoms with Crippen molar-refractivity contribution < 1.29 is 9.59 Å². The van der Waals surface area contributed by atoms with Gasteiger partial charge in [-0.3, -0.25) is 9.59 Å². The summed E-state index contributed by atoms with van der Waals surface area (Å²) in [5, 5.41) is -0.787. The zero-order valence-electron chi connectivity index (χ0n) is 9.34. The minimum absolute atomic E-state index is 0. The molecule has 0 aromatic heterocycles. The van der Waals surface area contributed by atoms with E-state index >= 15 is 0 Å². The molecule has 0 saturated heterocycles. The number of thiol groups is 2. The molecule has 0 aromatic carbocycles. The van der Waals surface area contributed by atoms with Gasteiger partial charge in [0.2, 0.25) is 0 Å². The second-order valence-corrected chi connectivity index (χ2v) is 4.04. The number of carbonyl (C=O) groups is 2. The molecule has 15 heavy (non-hydrogen) atoms. The van der Waals surface area contributed by atoms with E-state index in [-0.39, 0.29) is 43.5 Å². The number of rotatable bonds is 2. The van der Waals surface area contributed by atoms with Crippen LogP contribution in [0.4, 0.5) is 9.59 Å². The van der Waals surface area contributed by atoms with Crippen LogP contribution in [0.2, 0.25) is 0 Å². The summed E-state index contributed by atoms with van der Waals surface area (Å²) in [6, 6.07) is 0.481. The maximum atomic E-state index is 10.8. The maximum Gasteiger partial charge on any atom is 0.279 e. The monoisotopic (exact) mass is 447 g/mol. The number of nitrogens with zero attached hydrogens (tertiary/aromatic N) is 1. The molecule has 0 aliphatic rings. The second kappa shape index (κ2) is 11.0. The number of hydrogen-bond acceptors (Lipinski definition) is 2. The Morgan fingerprint density at radius 2 is 1.27 bits per heavy atom. The zero-order valence-corrected chi connectivity index (χ0v) is 14.6. The van der Waals surface area contributed by atoms with Crippen LogP contribution in [0.25, 0.3) is 0 Å². The van der Waals surface area contributed by atoms with Crippen LogP contribution in [0.15, 0.2) is 0 Å². The quantitative estimate of drug-likeness (QED) is 0.447. The van der Waals surface area contributed by atoms with Crippen LogP contribution in [0.3, 0.4) is 0 Å². The van der Waals surface area contributed by atoms with Crippen LogP contribution < -0.4 is 5.73 Å². The average Bonchev–Trinajstić information content (AvgIpc) is 1.80. The summed E-state index contributed by atoms with van der Waals surface area (Å²) < 4.78 is 0. The van der Waals surface area contributed by atoms with Crippen molar-refractivity contribution >= 4 is 61.9 Å². The minimum Gasteiger partial charge on any atom is -0.361 e. The smallest absolute Gasteiger partial charge is 0.279 e. The SMILES string of the molecule is CC(C)N(C(=O)S)C(C)C.NC(=O)S.[Bi]. The molecule has 7 heteroatoms. The van der Waals surface area contributed by atoms with Gasteiger partial charge >= 0.3 is 0 Å². The summed E-state index contributed by atoms with van der Waals surface area (Å²) in [7, 11) is 0. The Morgan fingerprint density at radius 1 is 1.07 bits per heavy atom. The Hall–Kier alpha value is 0.523. The fraction of sp³-hybridized carbons (Fsp3) is 0.750. The van der Waals surface area contributed by atoms with Crippen LogP contribution in [0, 0.1) is 0 Å². The van der Waals surface area contributed by atoms with Gasteiger partial charge in [-0.15, -0.1) is 0 Å². The number of primary amides is 1. The van der Waals surface area contributed by atoms with E-state index in [1.54, 1.807) is 4.90 Å². The molecule has 0 rings (SSSR count). The molecule has 0 unspecified atom stereocenters. The van der Waals surface area contributed by atoms with Crippen molar-refractivity contribution in [1.82, 2.24) is 4.90 Å². The fourth-order valence-electron chi connectivity index (χ4n) is 1.04. The van der Waals surface area contributed by atoms with Gasteiger partial charge in [0.15, 0.2) is 0 Å². The van der Waals surface area contributed by atoms with E-state index in [0.717, 1.165) is 0 Å². The molecular weight excluding hydrogens is 429 g/mol. The Morgan fingerprint density at radius 3 is 1.27 bits per heavy atom. The van der Waals surface area contributed by atoms with Crippen LogP contribution in [0.5, 0.6) is 0 Å². The first-order valence-electron chi connectivity index (χ1n) is 4.19. The van der Waals surface area contributed by atoms with Gasteiger partial charge in [-0.25, -0.2) is 0 Å². The third-order valence-corrected chi connectivity index (χ3v) is 1.56. The Balaban J connectivity index is -0.000000249. The summed E-state index contributed by atoms with van der Waals surface area (Å²) in [4.78, 5) is 21.6. The molecule has 0 atom stereocenters. The Kier molecular flexibility index (Phi) is 15.3. The summed E-state index contributed by atoms with van der Waals surface area (Å²) in [5.41, 5.74) is 4.34. The molecule has 89 valence electrons. The van der Waals surface area contributed by atoms with E-state index in [4.69, 9.17) is 4.79 Å². The molecule has 0 aromatic rings. The first-order chi connectivity index (χ1) is 6.20. The Bertz CT molecular complexity index is 189. The number of nitrogens with two attached hydrogens (primary N) is 1. The van der Waals surface area contributed by atoms with Gasteiger partial charge in [-0.1, -0.05) is 25.3 Å². The van der Waals surface area contributed by atoms with Crippen molar-refractivity contribution in [2.75, 3.05) is 0 Å². The van der Waals surface area contributed by atoms with Crippen molar-refractivity contribution in [3.05, 3.63) is 0 Å². The van der Waals surface area contributed by atoms with Gasteiger partial charge in [0.25, 0.3) is 10.5 Å². The molecule has 0 fully saturated rings.